The Kier molecular flexibility index (Phi) is 4.04. The summed E-state index contributed by atoms with van der Waals surface area (Å²) in [6.45, 7) is 1.58. The molecule has 1 fully saturated rings. The topological polar surface area (TPSA) is 73.5 Å². The maximum Gasteiger partial charge on any atom is 0.269 e. The number of alkyl halides is 2. The van der Waals surface area contributed by atoms with Crippen LogP contribution in [0, 0.1) is 0 Å². The summed E-state index contributed by atoms with van der Waals surface area (Å²) in [5, 5.41) is 9.54. The van der Waals surface area contributed by atoms with Gasteiger partial charge in [-0.3, -0.25) is 14.8 Å². The predicted molar refractivity (Wildman–Crippen MR) is 101 cm³/mol. The van der Waals surface area contributed by atoms with Gasteiger partial charge in [-0.25, -0.2) is 8.78 Å². The number of H-pyrrole nitrogens is 1. The third-order valence-corrected chi connectivity index (χ3v) is 6.58. The molecular weight excluding hydrogens is 388 g/mol. The summed E-state index contributed by atoms with van der Waals surface area (Å²) >= 11 is 1.24. The quantitative estimate of drug-likeness (QED) is 0.812. The number of likely N-dealkylation sites (tertiary alicyclic amines) is 1. The molecular formula is C18H19F2N5O2S. The number of hydrogen-bond acceptors (Lipinski definition) is 6. The van der Waals surface area contributed by atoms with Gasteiger partial charge in [-0.2, -0.15) is 5.10 Å². The molecule has 28 heavy (non-hydrogen) atoms. The second-order valence-electron chi connectivity index (χ2n) is 7.40. The lowest BCUT2D eigenvalue weighted by Gasteiger charge is -2.38. The van der Waals surface area contributed by atoms with E-state index in [1.165, 1.54) is 16.2 Å². The fraction of sp³-hybridized carbons (Fsp3) is 0.444. The van der Waals surface area contributed by atoms with Crippen molar-refractivity contribution in [3.63, 3.8) is 0 Å². The van der Waals surface area contributed by atoms with E-state index in [2.05, 4.69) is 20.4 Å². The van der Waals surface area contributed by atoms with Gasteiger partial charge < -0.3 is 15.0 Å². The second kappa shape index (κ2) is 6.36. The first kappa shape index (κ1) is 17.8. The molecule has 3 aliphatic heterocycles. The highest BCUT2D eigenvalue weighted by Gasteiger charge is 2.44. The Bertz CT molecular complexity index is 950. The van der Waals surface area contributed by atoms with E-state index in [1.54, 1.807) is 25.7 Å². The SMILES string of the molecule is COC1CN(CC2=CN3CC(F)(F)Cc4c(-c5cn[nH]c5)sc(c43)C(=O)N2)C1. The van der Waals surface area contributed by atoms with Crippen molar-refractivity contribution in [2.75, 3.05) is 38.2 Å². The van der Waals surface area contributed by atoms with Gasteiger partial charge in [0.15, 0.2) is 0 Å². The highest BCUT2D eigenvalue weighted by molar-refractivity contribution is 7.18. The number of carbonyl (C=O) groups excluding carboxylic acids is 1. The van der Waals surface area contributed by atoms with Crippen molar-refractivity contribution in [2.45, 2.75) is 18.4 Å². The number of nitrogens with one attached hydrogen (secondary N) is 2. The Hall–Kier alpha value is -2.30. The standard InChI is InChI=1S/C18H19F2N5O2S/c1-27-12-7-24(8-12)5-11-6-25-9-18(19,20)2-13-14(25)16(17(26)23-11)28-15(13)10-3-21-22-4-10/h3-4,6,12H,2,5,7-9H2,1H3,(H,21,22)(H,23,26). The van der Waals surface area contributed by atoms with Crippen LogP contribution in [0.2, 0.25) is 0 Å². The van der Waals surface area contributed by atoms with Crippen LogP contribution in [0.3, 0.4) is 0 Å². The molecule has 0 unspecified atom stereocenters. The van der Waals surface area contributed by atoms with E-state index in [-0.39, 0.29) is 18.4 Å². The Morgan fingerprint density at radius 1 is 1.39 bits per heavy atom. The number of aromatic nitrogens is 2. The first-order valence-corrected chi connectivity index (χ1v) is 9.81. The lowest BCUT2D eigenvalue weighted by molar-refractivity contribution is -0.0250. The number of hydrogen-bond donors (Lipinski definition) is 2. The molecule has 0 saturated carbocycles. The zero-order valence-electron chi connectivity index (χ0n) is 15.2. The number of nitrogens with zero attached hydrogens (tertiary/aromatic N) is 3. The van der Waals surface area contributed by atoms with Gasteiger partial charge in [-0.05, 0) is 0 Å². The minimum absolute atomic E-state index is 0.187. The Balaban J connectivity index is 1.53. The van der Waals surface area contributed by atoms with Crippen molar-refractivity contribution >= 4 is 22.9 Å². The van der Waals surface area contributed by atoms with E-state index >= 15 is 0 Å². The number of carbonyl (C=O) groups is 1. The molecule has 2 aromatic rings. The van der Waals surface area contributed by atoms with Crippen LogP contribution in [0.4, 0.5) is 14.5 Å². The Morgan fingerprint density at radius 2 is 2.21 bits per heavy atom. The van der Waals surface area contributed by atoms with Gasteiger partial charge in [0.1, 0.15) is 4.88 Å². The molecule has 1 saturated heterocycles. The zero-order chi connectivity index (χ0) is 19.5. The van der Waals surface area contributed by atoms with E-state index in [1.807, 2.05) is 0 Å². The molecule has 0 aromatic carbocycles. The molecule has 0 atom stereocenters. The normalized spacial score (nSPS) is 21.6. The average Bonchev–Trinajstić information content (AvgIpc) is 3.21. The summed E-state index contributed by atoms with van der Waals surface area (Å²) in [5.74, 6) is -3.13. The van der Waals surface area contributed by atoms with Crippen LogP contribution in [-0.2, 0) is 11.2 Å². The third-order valence-electron chi connectivity index (χ3n) is 5.31. The van der Waals surface area contributed by atoms with Crippen LogP contribution in [0.5, 0.6) is 0 Å². The molecule has 0 radical (unpaired) electrons. The summed E-state index contributed by atoms with van der Waals surface area (Å²) in [5.41, 5.74) is 2.44. The molecule has 0 spiro atoms. The first-order chi connectivity index (χ1) is 13.4. The van der Waals surface area contributed by atoms with E-state index in [4.69, 9.17) is 4.74 Å². The summed E-state index contributed by atoms with van der Waals surface area (Å²) < 4.78 is 34.4. The fourth-order valence-corrected chi connectivity index (χ4v) is 5.19. The molecule has 2 N–H and O–H groups in total. The predicted octanol–water partition coefficient (Wildman–Crippen LogP) is 2.05. The van der Waals surface area contributed by atoms with E-state index < -0.39 is 12.5 Å². The van der Waals surface area contributed by atoms with E-state index in [9.17, 15) is 13.6 Å². The van der Waals surface area contributed by atoms with Gasteiger partial charge in [0.2, 0.25) is 0 Å². The van der Waals surface area contributed by atoms with Gasteiger partial charge in [-0.1, -0.05) is 0 Å². The molecule has 1 amide bonds. The van der Waals surface area contributed by atoms with E-state index in [0.29, 0.717) is 38.8 Å². The summed E-state index contributed by atoms with van der Waals surface area (Å²) in [6, 6.07) is 0. The molecule has 10 heteroatoms. The van der Waals surface area contributed by atoms with Gasteiger partial charge in [-0.15, -0.1) is 11.3 Å². The molecule has 7 nitrogen and oxygen atoms in total. The average molecular weight is 407 g/mol. The van der Waals surface area contributed by atoms with Crippen LogP contribution in [0.1, 0.15) is 15.2 Å². The van der Waals surface area contributed by atoms with Crippen LogP contribution in [-0.4, -0.2) is 66.3 Å². The number of halogens is 2. The van der Waals surface area contributed by atoms with Crippen molar-refractivity contribution < 1.29 is 18.3 Å². The summed E-state index contributed by atoms with van der Waals surface area (Å²) in [6.07, 6.45) is 4.72. The van der Waals surface area contributed by atoms with E-state index in [0.717, 1.165) is 13.1 Å². The van der Waals surface area contributed by atoms with Crippen LogP contribution in [0.25, 0.3) is 10.4 Å². The van der Waals surface area contributed by atoms with Crippen LogP contribution < -0.4 is 10.2 Å². The number of rotatable bonds is 4. The maximum atomic E-state index is 14.5. The first-order valence-electron chi connectivity index (χ1n) is 9.00. The van der Waals surface area contributed by atoms with Crippen molar-refractivity contribution in [3.05, 3.63) is 34.7 Å². The smallest absolute Gasteiger partial charge is 0.269 e. The largest absolute Gasteiger partial charge is 0.379 e. The highest BCUT2D eigenvalue weighted by Crippen LogP contribution is 2.48. The number of aromatic amines is 1. The number of ether oxygens (including phenoxy) is 1. The van der Waals surface area contributed by atoms with Crippen molar-refractivity contribution in [1.82, 2.24) is 20.4 Å². The molecule has 0 bridgehead atoms. The Labute approximate surface area is 164 Å². The molecule has 5 rings (SSSR count). The molecule has 3 aliphatic rings. The lowest BCUT2D eigenvalue weighted by Crippen LogP contribution is -2.53. The summed E-state index contributed by atoms with van der Waals surface area (Å²) in [4.78, 5) is 17.7. The minimum atomic E-state index is -2.88. The van der Waals surface area contributed by atoms with Crippen LogP contribution >= 0.6 is 11.3 Å². The van der Waals surface area contributed by atoms with Gasteiger partial charge in [0, 0.05) is 67.3 Å². The van der Waals surface area contributed by atoms with Gasteiger partial charge in [0.05, 0.1) is 24.5 Å². The summed E-state index contributed by atoms with van der Waals surface area (Å²) in [7, 11) is 1.67. The molecule has 2 aromatic heterocycles. The molecule has 5 heterocycles. The minimum Gasteiger partial charge on any atom is -0.379 e. The molecule has 0 aliphatic carbocycles. The van der Waals surface area contributed by atoms with Gasteiger partial charge in [0.25, 0.3) is 11.8 Å². The Morgan fingerprint density at radius 3 is 2.93 bits per heavy atom. The number of anilines is 1. The van der Waals surface area contributed by atoms with Crippen molar-refractivity contribution in [2.24, 2.45) is 0 Å². The number of thiophene rings is 1. The highest BCUT2D eigenvalue weighted by atomic mass is 32.1. The second-order valence-corrected chi connectivity index (χ2v) is 8.42. The zero-order valence-corrected chi connectivity index (χ0v) is 16.0. The fourth-order valence-electron chi connectivity index (χ4n) is 3.98. The molecule has 148 valence electrons. The monoisotopic (exact) mass is 407 g/mol. The van der Waals surface area contributed by atoms with Gasteiger partial charge >= 0.3 is 0 Å². The number of amides is 1. The maximum absolute atomic E-state index is 14.5. The van der Waals surface area contributed by atoms with Crippen molar-refractivity contribution in [1.29, 1.82) is 0 Å². The van der Waals surface area contributed by atoms with Crippen molar-refractivity contribution in [3.8, 4) is 10.4 Å². The third kappa shape index (κ3) is 2.92. The number of methoxy groups -OCH3 is 1. The van der Waals surface area contributed by atoms with Crippen LogP contribution in [0.15, 0.2) is 24.3 Å². The lowest BCUT2D eigenvalue weighted by atomic mass is 9.98.